The molecule has 0 saturated carbocycles. The molecule has 1 aliphatic rings. The first kappa shape index (κ1) is 19.1. The second kappa shape index (κ2) is 8.00. The molecule has 2 N–H and O–H groups in total. The number of carbonyl (C=O) groups excluding carboxylic acids is 2. The van der Waals surface area contributed by atoms with Crippen molar-refractivity contribution >= 4 is 28.4 Å². The molecule has 0 radical (unpaired) electrons. The van der Waals surface area contributed by atoms with E-state index in [0.29, 0.717) is 37.6 Å². The van der Waals surface area contributed by atoms with Crippen LogP contribution in [0, 0.1) is 12.7 Å². The molecular formula is C21H22FN5O2. The molecule has 1 aromatic heterocycles. The van der Waals surface area contributed by atoms with Crippen molar-refractivity contribution in [1.82, 2.24) is 20.0 Å². The molecule has 0 atom stereocenters. The zero-order valence-electron chi connectivity index (χ0n) is 16.1. The number of aryl methyl sites for hydroxylation is 1. The summed E-state index contributed by atoms with van der Waals surface area (Å²) in [6, 6.07) is 11.5. The summed E-state index contributed by atoms with van der Waals surface area (Å²) in [5.74, 6) is -0.606. The van der Waals surface area contributed by atoms with E-state index in [0.717, 1.165) is 16.5 Å². The molecular weight excluding hydrogens is 373 g/mol. The lowest BCUT2D eigenvalue weighted by molar-refractivity contribution is -0.117. The number of aromatic amines is 1. The third kappa shape index (κ3) is 4.27. The predicted octanol–water partition coefficient (Wildman–Crippen LogP) is 2.41. The molecule has 8 heteroatoms. The van der Waals surface area contributed by atoms with Gasteiger partial charge in [0, 0.05) is 37.3 Å². The number of rotatable bonds is 4. The summed E-state index contributed by atoms with van der Waals surface area (Å²) >= 11 is 0. The molecule has 29 heavy (non-hydrogen) atoms. The zero-order chi connectivity index (χ0) is 20.4. The highest BCUT2D eigenvalue weighted by Crippen LogP contribution is 2.19. The highest BCUT2D eigenvalue weighted by molar-refractivity contribution is 6.04. The second-order valence-corrected chi connectivity index (χ2v) is 7.24. The van der Waals surface area contributed by atoms with Gasteiger partial charge in [-0.15, -0.1) is 0 Å². The third-order valence-corrected chi connectivity index (χ3v) is 5.08. The Hall–Kier alpha value is -3.26. The number of fused-ring (bicyclic) bond motifs is 1. The predicted molar refractivity (Wildman–Crippen MR) is 108 cm³/mol. The minimum Gasteiger partial charge on any atom is -0.335 e. The van der Waals surface area contributed by atoms with Gasteiger partial charge in [0.25, 0.3) is 5.91 Å². The smallest absolute Gasteiger partial charge is 0.275 e. The number of amides is 2. The van der Waals surface area contributed by atoms with Crippen LogP contribution in [-0.4, -0.2) is 64.5 Å². The van der Waals surface area contributed by atoms with Crippen LogP contribution in [0.25, 0.3) is 10.9 Å². The van der Waals surface area contributed by atoms with E-state index in [1.54, 1.807) is 4.90 Å². The largest absolute Gasteiger partial charge is 0.335 e. The summed E-state index contributed by atoms with van der Waals surface area (Å²) in [5.41, 5.74) is 2.91. The molecule has 4 rings (SSSR count). The number of carbonyl (C=O) groups is 2. The van der Waals surface area contributed by atoms with Crippen molar-refractivity contribution in [1.29, 1.82) is 0 Å². The van der Waals surface area contributed by atoms with Crippen LogP contribution in [-0.2, 0) is 4.79 Å². The van der Waals surface area contributed by atoms with Crippen LogP contribution >= 0.6 is 0 Å². The van der Waals surface area contributed by atoms with E-state index in [4.69, 9.17) is 0 Å². The van der Waals surface area contributed by atoms with Crippen LogP contribution in [0.15, 0.2) is 42.5 Å². The van der Waals surface area contributed by atoms with Gasteiger partial charge in [-0.2, -0.15) is 5.10 Å². The van der Waals surface area contributed by atoms with Crippen LogP contribution < -0.4 is 5.32 Å². The summed E-state index contributed by atoms with van der Waals surface area (Å²) in [6.07, 6.45) is 0. The number of hydrogen-bond donors (Lipinski definition) is 2. The van der Waals surface area contributed by atoms with Gasteiger partial charge in [-0.25, -0.2) is 4.39 Å². The maximum atomic E-state index is 12.9. The van der Waals surface area contributed by atoms with Gasteiger partial charge < -0.3 is 10.2 Å². The van der Waals surface area contributed by atoms with Gasteiger partial charge in [-0.3, -0.25) is 19.6 Å². The van der Waals surface area contributed by atoms with E-state index in [-0.39, 0.29) is 24.2 Å². The van der Waals surface area contributed by atoms with Gasteiger partial charge in [0.05, 0.1) is 12.1 Å². The van der Waals surface area contributed by atoms with Crippen molar-refractivity contribution in [2.45, 2.75) is 6.92 Å². The molecule has 150 valence electrons. The first-order valence-corrected chi connectivity index (χ1v) is 9.51. The number of aromatic nitrogens is 2. The Balaban J connectivity index is 1.32. The molecule has 0 bridgehead atoms. The highest BCUT2D eigenvalue weighted by Gasteiger charge is 2.26. The van der Waals surface area contributed by atoms with E-state index in [1.807, 2.05) is 30.0 Å². The molecule has 0 unspecified atom stereocenters. The molecule has 0 spiro atoms. The van der Waals surface area contributed by atoms with Crippen molar-refractivity contribution in [3.8, 4) is 0 Å². The van der Waals surface area contributed by atoms with Gasteiger partial charge in [-0.05, 0) is 43.3 Å². The van der Waals surface area contributed by atoms with E-state index in [1.165, 1.54) is 24.3 Å². The minimum atomic E-state index is -0.344. The number of hydrogen-bond acceptors (Lipinski definition) is 4. The lowest BCUT2D eigenvalue weighted by Crippen LogP contribution is -2.50. The first-order chi connectivity index (χ1) is 14.0. The SMILES string of the molecule is Cc1ccc2[nH]nc(C(=O)N3CCN(CC(=O)Nc4ccc(F)cc4)CC3)c2c1. The number of H-pyrrole nitrogens is 1. The molecule has 2 aromatic carbocycles. The van der Waals surface area contributed by atoms with Gasteiger partial charge in [0.1, 0.15) is 5.82 Å². The number of benzene rings is 2. The molecule has 0 aliphatic carbocycles. The Bertz CT molecular complexity index is 1040. The van der Waals surface area contributed by atoms with Crippen molar-refractivity contribution in [3.05, 3.63) is 59.5 Å². The summed E-state index contributed by atoms with van der Waals surface area (Å²) in [4.78, 5) is 28.9. The number of nitrogens with zero attached hydrogens (tertiary/aromatic N) is 3. The standard InChI is InChI=1S/C21H22FN5O2/c1-14-2-7-18-17(12-14)20(25-24-18)21(29)27-10-8-26(9-11-27)13-19(28)23-16-5-3-15(22)4-6-16/h2-7,12H,8-11,13H2,1H3,(H,23,28)(H,24,25). The van der Waals surface area contributed by atoms with E-state index >= 15 is 0 Å². The Morgan fingerprint density at radius 2 is 1.83 bits per heavy atom. The van der Waals surface area contributed by atoms with Gasteiger partial charge >= 0.3 is 0 Å². The number of anilines is 1. The van der Waals surface area contributed by atoms with Crippen LogP contribution in [0.4, 0.5) is 10.1 Å². The molecule has 1 aliphatic heterocycles. The quantitative estimate of drug-likeness (QED) is 0.711. The second-order valence-electron chi connectivity index (χ2n) is 7.24. The number of halogens is 1. The molecule has 3 aromatic rings. The number of piperazine rings is 1. The normalized spacial score (nSPS) is 14.9. The minimum absolute atomic E-state index is 0.0998. The monoisotopic (exact) mass is 395 g/mol. The fourth-order valence-electron chi connectivity index (χ4n) is 3.49. The molecule has 2 amide bonds. The zero-order valence-corrected chi connectivity index (χ0v) is 16.1. The van der Waals surface area contributed by atoms with Crippen molar-refractivity contribution < 1.29 is 14.0 Å². The highest BCUT2D eigenvalue weighted by atomic mass is 19.1. The number of nitrogens with one attached hydrogen (secondary N) is 2. The molecule has 1 fully saturated rings. The summed E-state index contributed by atoms with van der Waals surface area (Å²) < 4.78 is 12.9. The Morgan fingerprint density at radius 1 is 1.10 bits per heavy atom. The average molecular weight is 395 g/mol. The molecule has 7 nitrogen and oxygen atoms in total. The Kier molecular flexibility index (Phi) is 5.26. The van der Waals surface area contributed by atoms with Crippen LogP contribution in [0.5, 0.6) is 0 Å². The van der Waals surface area contributed by atoms with Crippen molar-refractivity contribution in [3.63, 3.8) is 0 Å². The summed E-state index contributed by atoms with van der Waals surface area (Å²) in [5, 5.41) is 10.7. The summed E-state index contributed by atoms with van der Waals surface area (Å²) in [7, 11) is 0. The van der Waals surface area contributed by atoms with Crippen LogP contribution in [0.1, 0.15) is 16.1 Å². The topological polar surface area (TPSA) is 81.3 Å². The van der Waals surface area contributed by atoms with Gasteiger partial charge in [-0.1, -0.05) is 11.6 Å². The van der Waals surface area contributed by atoms with Crippen molar-refractivity contribution in [2.75, 3.05) is 38.0 Å². The van der Waals surface area contributed by atoms with Crippen LogP contribution in [0.3, 0.4) is 0 Å². The Morgan fingerprint density at radius 3 is 2.55 bits per heavy atom. The lowest BCUT2D eigenvalue weighted by Gasteiger charge is -2.34. The maximum Gasteiger partial charge on any atom is 0.275 e. The molecule has 2 heterocycles. The maximum absolute atomic E-state index is 12.9. The van der Waals surface area contributed by atoms with Gasteiger partial charge in [0.2, 0.25) is 5.91 Å². The first-order valence-electron chi connectivity index (χ1n) is 9.51. The van der Waals surface area contributed by atoms with E-state index < -0.39 is 0 Å². The van der Waals surface area contributed by atoms with E-state index in [2.05, 4.69) is 15.5 Å². The summed E-state index contributed by atoms with van der Waals surface area (Å²) in [6.45, 7) is 4.47. The fourth-order valence-corrected chi connectivity index (χ4v) is 3.49. The van der Waals surface area contributed by atoms with E-state index in [9.17, 15) is 14.0 Å². The van der Waals surface area contributed by atoms with Gasteiger partial charge in [0.15, 0.2) is 5.69 Å². The lowest BCUT2D eigenvalue weighted by atomic mass is 10.1. The fraction of sp³-hybridized carbons (Fsp3) is 0.286. The molecule has 1 saturated heterocycles. The average Bonchev–Trinajstić information content (AvgIpc) is 3.13. The van der Waals surface area contributed by atoms with Crippen molar-refractivity contribution in [2.24, 2.45) is 0 Å². The third-order valence-electron chi connectivity index (χ3n) is 5.08. The Labute approximate surface area is 167 Å². The van der Waals surface area contributed by atoms with Crippen LogP contribution in [0.2, 0.25) is 0 Å².